The van der Waals surface area contributed by atoms with E-state index in [-0.39, 0.29) is 11.5 Å². The Morgan fingerprint density at radius 3 is 2.56 bits per heavy atom. The molecular weight excluding hydrogens is 338 g/mol. The van der Waals surface area contributed by atoms with Crippen LogP contribution in [0.3, 0.4) is 0 Å². The molecule has 1 aliphatic carbocycles. The summed E-state index contributed by atoms with van der Waals surface area (Å²) in [5.74, 6) is 0.553. The molecule has 27 heavy (non-hydrogen) atoms. The van der Waals surface area contributed by atoms with Gasteiger partial charge >= 0.3 is 0 Å². The van der Waals surface area contributed by atoms with Crippen molar-refractivity contribution in [1.29, 1.82) is 0 Å². The van der Waals surface area contributed by atoms with Gasteiger partial charge in [-0.25, -0.2) is 0 Å². The predicted molar refractivity (Wildman–Crippen MR) is 111 cm³/mol. The van der Waals surface area contributed by atoms with Crippen LogP contribution in [0.4, 0.5) is 5.69 Å². The first-order valence-corrected chi connectivity index (χ1v) is 10.1. The smallest absolute Gasteiger partial charge is 0.258 e. The SMILES string of the molecule is CN(C)CCn1ccc2c(NC(=O)CC3CCCCCC3)cccc2c1=O. The lowest BCUT2D eigenvalue weighted by Gasteiger charge is -2.15. The number of carbonyl (C=O) groups is 1. The lowest BCUT2D eigenvalue weighted by Crippen LogP contribution is -2.26. The summed E-state index contributed by atoms with van der Waals surface area (Å²) in [7, 11) is 3.99. The Morgan fingerprint density at radius 1 is 1.11 bits per heavy atom. The Morgan fingerprint density at radius 2 is 1.85 bits per heavy atom. The molecule has 1 saturated carbocycles. The fourth-order valence-corrected chi connectivity index (χ4v) is 3.94. The van der Waals surface area contributed by atoms with E-state index in [0.717, 1.165) is 30.5 Å². The lowest BCUT2D eigenvalue weighted by molar-refractivity contribution is -0.117. The van der Waals surface area contributed by atoms with Gasteiger partial charge in [-0.15, -0.1) is 0 Å². The third kappa shape index (κ3) is 5.19. The van der Waals surface area contributed by atoms with Crippen molar-refractivity contribution >= 4 is 22.4 Å². The molecule has 0 bridgehead atoms. The van der Waals surface area contributed by atoms with E-state index >= 15 is 0 Å². The van der Waals surface area contributed by atoms with E-state index in [2.05, 4.69) is 10.2 Å². The summed E-state index contributed by atoms with van der Waals surface area (Å²) in [5.41, 5.74) is 0.734. The molecule has 5 nitrogen and oxygen atoms in total. The van der Waals surface area contributed by atoms with Crippen molar-refractivity contribution in [3.05, 3.63) is 40.8 Å². The molecule has 1 fully saturated rings. The van der Waals surface area contributed by atoms with Gasteiger partial charge in [0.1, 0.15) is 0 Å². The molecule has 5 heteroatoms. The molecule has 1 aromatic heterocycles. The summed E-state index contributed by atoms with van der Waals surface area (Å²) in [5, 5.41) is 4.53. The number of likely N-dealkylation sites (N-methyl/N-ethyl adjacent to an activating group) is 1. The average Bonchev–Trinajstić information content (AvgIpc) is 2.90. The van der Waals surface area contributed by atoms with Crippen molar-refractivity contribution in [3.8, 4) is 0 Å². The largest absolute Gasteiger partial charge is 0.326 e. The summed E-state index contributed by atoms with van der Waals surface area (Å²) < 4.78 is 1.74. The van der Waals surface area contributed by atoms with Gasteiger partial charge in [-0.3, -0.25) is 9.59 Å². The number of nitrogens with zero attached hydrogens (tertiary/aromatic N) is 2. The number of benzene rings is 1. The predicted octanol–water partition coefficient (Wildman–Crippen LogP) is 3.86. The lowest BCUT2D eigenvalue weighted by atomic mass is 9.96. The number of pyridine rings is 1. The van der Waals surface area contributed by atoms with Gasteiger partial charge in [0.2, 0.25) is 5.91 Å². The summed E-state index contributed by atoms with van der Waals surface area (Å²) in [6.07, 6.45) is 9.77. The second-order valence-corrected chi connectivity index (χ2v) is 7.99. The standard InChI is InChI=1S/C22H31N3O2/c1-24(2)14-15-25-13-12-18-19(22(25)27)10-7-11-20(18)23-21(26)16-17-8-5-3-4-6-9-17/h7,10-13,17H,3-6,8-9,14-16H2,1-2H3,(H,23,26). The molecule has 1 N–H and O–H groups in total. The second-order valence-electron chi connectivity index (χ2n) is 7.99. The Labute approximate surface area is 161 Å². The molecule has 2 aromatic rings. The van der Waals surface area contributed by atoms with Crippen molar-refractivity contribution < 1.29 is 4.79 Å². The van der Waals surface area contributed by atoms with Crippen molar-refractivity contribution in [3.63, 3.8) is 0 Å². The second kappa shape index (κ2) is 9.18. The minimum Gasteiger partial charge on any atom is -0.326 e. The zero-order valence-corrected chi connectivity index (χ0v) is 16.5. The topological polar surface area (TPSA) is 54.3 Å². The van der Waals surface area contributed by atoms with Gasteiger partial charge in [0.25, 0.3) is 5.56 Å². The van der Waals surface area contributed by atoms with Crippen LogP contribution < -0.4 is 10.9 Å². The van der Waals surface area contributed by atoms with Crippen LogP contribution in [0, 0.1) is 5.92 Å². The van der Waals surface area contributed by atoms with Gasteiger partial charge < -0.3 is 14.8 Å². The summed E-state index contributed by atoms with van der Waals surface area (Å²) in [6.45, 7) is 1.46. The van der Waals surface area contributed by atoms with Gasteiger partial charge in [-0.2, -0.15) is 0 Å². The van der Waals surface area contributed by atoms with Crippen molar-refractivity contribution in [2.45, 2.75) is 51.5 Å². The molecule has 0 saturated heterocycles. The molecule has 1 aromatic carbocycles. The molecule has 0 aliphatic heterocycles. The Balaban J connectivity index is 1.75. The number of hydrogen-bond acceptors (Lipinski definition) is 3. The van der Waals surface area contributed by atoms with E-state index in [9.17, 15) is 9.59 Å². The van der Waals surface area contributed by atoms with E-state index in [4.69, 9.17) is 0 Å². The average molecular weight is 370 g/mol. The number of amides is 1. The van der Waals surface area contributed by atoms with Crippen molar-refractivity contribution in [2.75, 3.05) is 26.0 Å². The highest BCUT2D eigenvalue weighted by Gasteiger charge is 2.17. The molecule has 1 heterocycles. The molecule has 146 valence electrons. The van der Waals surface area contributed by atoms with Crippen molar-refractivity contribution in [2.24, 2.45) is 5.92 Å². The molecule has 0 atom stereocenters. The number of aromatic nitrogens is 1. The Bertz CT molecular complexity index is 833. The van der Waals surface area contributed by atoms with Gasteiger partial charge in [0.15, 0.2) is 0 Å². The highest BCUT2D eigenvalue weighted by molar-refractivity contribution is 6.01. The van der Waals surface area contributed by atoms with E-state index in [1.807, 2.05) is 44.6 Å². The maximum absolute atomic E-state index is 12.8. The van der Waals surface area contributed by atoms with Crippen LogP contribution in [-0.4, -0.2) is 36.0 Å². The van der Waals surface area contributed by atoms with Gasteiger partial charge in [0.05, 0.1) is 0 Å². The Kier molecular flexibility index (Phi) is 6.67. The fraction of sp³-hybridized carbons (Fsp3) is 0.545. The summed E-state index contributed by atoms with van der Waals surface area (Å²) in [6, 6.07) is 7.51. The third-order valence-corrected chi connectivity index (χ3v) is 5.53. The molecule has 0 unspecified atom stereocenters. The van der Waals surface area contributed by atoms with Crippen LogP contribution in [0.1, 0.15) is 44.9 Å². The molecular formula is C22H31N3O2. The van der Waals surface area contributed by atoms with Crippen LogP contribution in [0.2, 0.25) is 0 Å². The van der Waals surface area contributed by atoms with Gasteiger partial charge in [-0.05, 0) is 51.1 Å². The monoisotopic (exact) mass is 369 g/mol. The first-order chi connectivity index (χ1) is 13.0. The summed E-state index contributed by atoms with van der Waals surface area (Å²) >= 11 is 0. The van der Waals surface area contributed by atoms with Gasteiger partial charge in [0, 0.05) is 42.2 Å². The van der Waals surface area contributed by atoms with Gasteiger partial charge in [-0.1, -0.05) is 31.7 Å². The number of anilines is 1. The number of rotatable bonds is 6. The number of carbonyl (C=O) groups excluding carboxylic acids is 1. The van der Waals surface area contributed by atoms with Crippen LogP contribution in [0.15, 0.2) is 35.3 Å². The zero-order valence-electron chi connectivity index (χ0n) is 16.5. The van der Waals surface area contributed by atoms with Crippen LogP contribution in [0.25, 0.3) is 10.8 Å². The Hall–Kier alpha value is -2.14. The molecule has 0 spiro atoms. The minimum absolute atomic E-state index is 0.00535. The molecule has 0 radical (unpaired) electrons. The summed E-state index contributed by atoms with van der Waals surface area (Å²) in [4.78, 5) is 27.4. The normalized spacial score (nSPS) is 15.8. The number of hydrogen-bond donors (Lipinski definition) is 1. The maximum Gasteiger partial charge on any atom is 0.258 e. The van der Waals surface area contributed by atoms with E-state index in [1.165, 1.54) is 25.7 Å². The number of fused-ring (bicyclic) bond motifs is 1. The first kappa shape index (κ1) is 19.6. The van der Waals surface area contributed by atoms with Crippen LogP contribution in [-0.2, 0) is 11.3 Å². The zero-order chi connectivity index (χ0) is 19.2. The highest BCUT2D eigenvalue weighted by Crippen LogP contribution is 2.27. The van der Waals surface area contributed by atoms with Crippen LogP contribution in [0.5, 0.6) is 0 Å². The van der Waals surface area contributed by atoms with Crippen molar-refractivity contribution in [1.82, 2.24) is 9.47 Å². The van der Waals surface area contributed by atoms with E-state index < -0.39 is 0 Å². The van der Waals surface area contributed by atoms with E-state index in [1.54, 1.807) is 4.57 Å². The third-order valence-electron chi connectivity index (χ3n) is 5.53. The van der Waals surface area contributed by atoms with E-state index in [0.29, 0.717) is 24.3 Å². The fourth-order valence-electron chi connectivity index (χ4n) is 3.94. The number of nitrogens with one attached hydrogen (secondary N) is 1. The highest BCUT2D eigenvalue weighted by atomic mass is 16.1. The molecule has 1 amide bonds. The first-order valence-electron chi connectivity index (χ1n) is 10.1. The maximum atomic E-state index is 12.8. The minimum atomic E-state index is -0.00535. The molecule has 1 aliphatic rings. The quantitative estimate of drug-likeness (QED) is 0.787. The molecule has 3 rings (SSSR count). The van der Waals surface area contributed by atoms with Crippen LogP contribution >= 0.6 is 0 Å².